The van der Waals surface area contributed by atoms with Gasteiger partial charge in [-0.15, -0.1) is 0 Å². The Labute approximate surface area is 114 Å². The lowest BCUT2D eigenvalue weighted by Crippen LogP contribution is -2.36. The number of rotatable bonds is 4. The molecule has 0 spiro atoms. The van der Waals surface area contributed by atoms with E-state index in [2.05, 4.69) is 26.4 Å². The molecule has 98 valence electrons. The molecule has 1 atom stereocenters. The lowest BCUT2D eigenvalue weighted by molar-refractivity contribution is 0.0940. The number of hydrogen-bond donors (Lipinski definition) is 3. The fourth-order valence-corrected chi connectivity index (χ4v) is 1.97. The van der Waals surface area contributed by atoms with Crippen LogP contribution in [0.3, 0.4) is 0 Å². The summed E-state index contributed by atoms with van der Waals surface area (Å²) < 4.78 is 0.776. The minimum absolute atomic E-state index is 0.0890. The Hall–Kier alpha value is -1.56. The third-order valence-corrected chi connectivity index (χ3v) is 3.51. The quantitative estimate of drug-likeness (QED) is 0.344. The van der Waals surface area contributed by atoms with Gasteiger partial charge < -0.3 is 16.3 Å². The van der Waals surface area contributed by atoms with E-state index in [9.17, 15) is 4.79 Å². The van der Waals surface area contributed by atoms with Crippen LogP contribution in [0.1, 0.15) is 29.3 Å². The van der Waals surface area contributed by atoms with Gasteiger partial charge in [-0.25, -0.2) is 0 Å². The van der Waals surface area contributed by atoms with Crippen LogP contribution in [-0.2, 0) is 0 Å². The molecule has 0 bridgehead atoms. The molecule has 0 aliphatic carbocycles. The van der Waals surface area contributed by atoms with E-state index in [0.717, 1.165) is 10.0 Å². The first kappa shape index (κ1) is 14.5. The van der Waals surface area contributed by atoms with Crippen LogP contribution in [-0.4, -0.2) is 23.0 Å². The first-order chi connectivity index (χ1) is 8.45. The van der Waals surface area contributed by atoms with Crippen molar-refractivity contribution in [1.82, 2.24) is 5.32 Å². The van der Waals surface area contributed by atoms with Crippen molar-refractivity contribution in [2.24, 2.45) is 10.9 Å². The van der Waals surface area contributed by atoms with Gasteiger partial charge in [0.05, 0.1) is 5.56 Å². The summed E-state index contributed by atoms with van der Waals surface area (Å²) in [7, 11) is 0. The highest BCUT2D eigenvalue weighted by Gasteiger charge is 2.14. The molecule has 0 saturated carbocycles. The van der Waals surface area contributed by atoms with E-state index < -0.39 is 0 Å². The SMILES string of the molecule is Cc1cccc(C(=O)NC(C)C/C(N)=N/O)c1Br. The van der Waals surface area contributed by atoms with E-state index in [1.807, 2.05) is 19.1 Å². The van der Waals surface area contributed by atoms with Gasteiger partial charge >= 0.3 is 0 Å². The van der Waals surface area contributed by atoms with Gasteiger partial charge in [-0.1, -0.05) is 17.3 Å². The third kappa shape index (κ3) is 3.73. The summed E-state index contributed by atoms with van der Waals surface area (Å²) in [6.45, 7) is 3.71. The first-order valence-electron chi connectivity index (χ1n) is 5.48. The standard InChI is InChI=1S/C12H16BrN3O2/c1-7-4-3-5-9(11(7)13)12(17)15-8(2)6-10(14)16-18/h3-5,8,18H,6H2,1-2H3,(H2,14,16)(H,15,17). The van der Waals surface area contributed by atoms with Crippen LogP contribution in [0, 0.1) is 6.92 Å². The molecule has 1 unspecified atom stereocenters. The zero-order chi connectivity index (χ0) is 13.7. The average molecular weight is 314 g/mol. The molecule has 0 heterocycles. The number of nitrogens with two attached hydrogens (primary N) is 1. The minimum Gasteiger partial charge on any atom is -0.409 e. The summed E-state index contributed by atoms with van der Waals surface area (Å²) in [5.74, 6) is -0.102. The van der Waals surface area contributed by atoms with Gasteiger partial charge in [-0.05, 0) is 41.4 Å². The highest BCUT2D eigenvalue weighted by Crippen LogP contribution is 2.20. The highest BCUT2D eigenvalue weighted by molar-refractivity contribution is 9.10. The molecular formula is C12H16BrN3O2. The number of nitrogens with one attached hydrogen (secondary N) is 1. The molecule has 5 nitrogen and oxygen atoms in total. The monoisotopic (exact) mass is 313 g/mol. The molecule has 6 heteroatoms. The Kier molecular flexibility index (Phi) is 5.15. The molecule has 0 radical (unpaired) electrons. The van der Waals surface area contributed by atoms with Gasteiger partial charge in [-0.3, -0.25) is 4.79 Å². The van der Waals surface area contributed by atoms with Crippen molar-refractivity contribution >= 4 is 27.7 Å². The predicted molar refractivity (Wildman–Crippen MR) is 73.8 cm³/mol. The number of amides is 1. The van der Waals surface area contributed by atoms with Crippen LogP contribution in [0.5, 0.6) is 0 Å². The second kappa shape index (κ2) is 6.39. The maximum atomic E-state index is 12.0. The fraction of sp³-hybridized carbons (Fsp3) is 0.333. The Morgan fingerprint density at radius 1 is 1.61 bits per heavy atom. The molecule has 1 amide bonds. The van der Waals surface area contributed by atoms with Crippen LogP contribution in [0.4, 0.5) is 0 Å². The summed E-state index contributed by atoms with van der Waals surface area (Å²) in [4.78, 5) is 12.0. The number of nitrogens with zero attached hydrogens (tertiary/aromatic N) is 1. The van der Waals surface area contributed by atoms with Crippen LogP contribution in [0.15, 0.2) is 27.8 Å². The molecule has 1 rings (SSSR count). The van der Waals surface area contributed by atoms with Crippen molar-refractivity contribution in [1.29, 1.82) is 0 Å². The number of halogens is 1. The number of carbonyl (C=O) groups is 1. The van der Waals surface area contributed by atoms with Gasteiger partial charge in [0.2, 0.25) is 0 Å². The smallest absolute Gasteiger partial charge is 0.252 e. The summed E-state index contributed by atoms with van der Waals surface area (Å²) in [5, 5.41) is 14.1. The molecule has 0 aliphatic rings. The summed E-state index contributed by atoms with van der Waals surface area (Å²) in [6, 6.07) is 5.27. The van der Waals surface area contributed by atoms with E-state index in [4.69, 9.17) is 10.9 Å². The van der Waals surface area contributed by atoms with E-state index in [1.165, 1.54) is 0 Å². The van der Waals surface area contributed by atoms with Crippen molar-refractivity contribution in [2.75, 3.05) is 0 Å². The Morgan fingerprint density at radius 2 is 2.28 bits per heavy atom. The largest absolute Gasteiger partial charge is 0.409 e. The molecule has 0 saturated heterocycles. The Bertz CT molecular complexity index is 474. The van der Waals surface area contributed by atoms with E-state index >= 15 is 0 Å². The maximum absolute atomic E-state index is 12.0. The molecule has 1 aromatic rings. The number of hydrogen-bond acceptors (Lipinski definition) is 3. The van der Waals surface area contributed by atoms with Crippen molar-refractivity contribution < 1.29 is 10.0 Å². The van der Waals surface area contributed by atoms with Crippen LogP contribution >= 0.6 is 15.9 Å². The topological polar surface area (TPSA) is 87.7 Å². The highest BCUT2D eigenvalue weighted by atomic mass is 79.9. The van der Waals surface area contributed by atoms with Gasteiger partial charge in [0.1, 0.15) is 5.84 Å². The first-order valence-corrected chi connectivity index (χ1v) is 6.27. The van der Waals surface area contributed by atoms with Crippen LogP contribution in [0.2, 0.25) is 0 Å². The number of amidine groups is 1. The Morgan fingerprint density at radius 3 is 2.89 bits per heavy atom. The van der Waals surface area contributed by atoms with Crippen molar-refractivity contribution in [2.45, 2.75) is 26.3 Å². The van der Waals surface area contributed by atoms with Crippen molar-refractivity contribution in [3.63, 3.8) is 0 Å². The lowest BCUT2D eigenvalue weighted by atomic mass is 10.1. The van der Waals surface area contributed by atoms with Gasteiger partial charge in [0.15, 0.2) is 0 Å². The lowest BCUT2D eigenvalue weighted by Gasteiger charge is -2.14. The van der Waals surface area contributed by atoms with Crippen LogP contribution in [0.25, 0.3) is 0 Å². The average Bonchev–Trinajstić information content (AvgIpc) is 2.32. The summed E-state index contributed by atoms with van der Waals surface area (Å²) in [6.07, 6.45) is 0.297. The number of aryl methyl sites for hydroxylation is 1. The van der Waals surface area contributed by atoms with Gasteiger partial charge in [-0.2, -0.15) is 0 Å². The van der Waals surface area contributed by atoms with E-state index in [-0.39, 0.29) is 17.8 Å². The molecule has 18 heavy (non-hydrogen) atoms. The van der Waals surface area contributed by atoms with E-state index in [0.29, 0.717) is 12.0 Å². The fourth-order valence-electron chi connectivity index (χ4n) is 1.53. The molecule has 1 aromatic carbocycles. The zero-order valence-corrected chi connectivity index (χ0v) is 11.9. The normalized spacial score (nSPS) is 13.2. The summed E-state index contributed by atoms with van der Waals surface area (Å²) in [5.41, 5.74) is 6.94. The van der Waals surface area contributed by atoms with Crippen molar-refractivity contribution in [3.8, 4) is 0 Å². The summed E-state index contributed by atoms with van der Waals surface area (Å²) >= 11 is 3.39. The Balaban J connectivity index is 2.74. The number of carbonyl (C=O) groups excluding carboxylic acids is 1. The number of benzene rings is 1. The minimum atomic E-state index is -0.208. The zero-order valence-electron chi connectivity index (χ0n) is 10.3. The van der Waals surface area contributed by atoms with Gasteiger partial charge in [0, 0.05) is 16.9 Å². The van der Waals surface area contributed by atoms with E-state index in [1.54, 1.807) is 13.0 Å². The van der Waals surface area contributed by atoms with Crippen LogP contribution < -0.4 is 11.1 Å². The third-order valence-electron chi connectivity index (χ3n) is 2.46. The maximum Gasteiger partial charge on any atom is 0.252 e. The van der Waals surface area contributed by atoms with Crippen molar-refractivity contribution in [3.05, 3.63) is 33.8 Å². The molecule has 0 fully saturated rings. The number of oxime groups is 1. The molecular weight excluding hydrogens is 298 g/mol. The second-order valence-electron chi connectivity index (χ2n) is 4.11. The second-order valence-corrected chi connectivity index (χ2v) is 4.90. The predicted octanol–water partition coefficient (Wildman–Crippen LogP) is 2.01. The molecule has 0 aromatic heterocycles. The van der Waals surface area contributed by atoms with Gasteiger partial charge in [0.25, 0.3) is 5.91 Å². The molecule has 0 aliphatic heterocycles. The molecule has 4 N–H and O–H groups in total.